The van der Waals surface area contributed by atoms with E-state index in [2.05, 4.69) is 4.72 Å². The van der Waals surface area contributed by atoms with E-state index in [4.69, 9.17) is 4.74 Å². The number of hydrogen-bond acceptors (Lipinski definition) is 7. The molecule has 138 valence electrons. The Balaban J connectivity index is 1.92. The van der Waals surface area contributed by atoms with E-state index in [9.17, 15) is 28.4 Å². The molecule has 1 aromatic rings. The third-order valence-corrected chi connectivity index (χ3v) is 4.41. The summed E-state index contributed by atoms with van der Waals surface area (Å²) in [6.45, 7) is -0.0482. The second kappa shape index (κ2) is 7.76. The summed E-state index contributed by atoms with van der Waals surface area (Å²) in [6, 6.07) is 5.07. The number of nitrogens with zero attached hydrogens (tertiary/aromatic N) is 2. The number of non-ortho nitro benzene ring substituents is 1. The summed E-state index contributed by atoms with van der Waals surface area (Å²) < 4.78 is 29.8. The Morgan fingerprint density at radius 2 is 2.08 bits per heavy atom. The van der Waals surface area contributed by atoms with Gasteiger partial charge in [0.15, 0.2) is 0 Å². The molecule has 2 atom stereocenters. The number of nitro groups is 1. The normalized spacial score (nSPS) is 20.5. The van der Waals surface area contributed by atoms with Gasteiger partial charge in [-0.2, -0.15) is 0 Å². The molecule has 1 fully saturated rings. The van der Waals surface area contributed by atoms with E-state index < -0.39 is 33.2 Å². The number of sulfonamides is 1. The van der Waals surface area contributed by atoms with Crippen LogP contribution in [0.25, 0.3) is 0 Å². The Kier molecular flexibility index (Phi) is 5.93. The van der Waals surface area contributed by atoms with Gasteiger partial charge in [0.1, 0.15) is 6.61 Å². The SMILES string of the molecule is CS(=O)(=O)NC[C@@H]1C[C@@H](O)CN1C(=O)OCc1ccc([N+](=O)[O-])cc1. The molecule has 11 heteroatoms. The van der Waals surface area contributed by atoms with Gasteiger partial charge in [-0.25, -0.2) is 17.9 Å². The number of likely N-dealkylation sites (tertiary alicyclic amines) is 1. The fourth-order valence-electron chi connectivity index (χ4n) is 2.50. The van der Waals surface area contributed by atoms with E-state index in [0.29, 0.717) is 5.56 Å². The number of aliphatic hydroxyl groups is 1. The quantitative estimate of drug-likeness (QED) is 0.537. The van der Waals surface area contributed by atoms with Gasteiger partial charge in [0.05, 0.1) is 29.9 Å². The van der Waals surface area contributed by atoms with Gasteiger partial charge in [0.2, 0.25) is 10.0 Å². The average Bonchev–Trinajstić information content (AvgIpc) is 2.91. The molecule has 10 nitrogen and oxygen atoms in total. The maximum absolute atomic E-state index is 12.2. The number of nitro benzene ring substituents is 1. The van der Waals surface area contributed by atoms with E-state index in [1.807, 2.05) is 0 Å². The fourth-order valence-corrected chi connectivity index (χ4v) is 2.99. The molecule has 1 aliphatic heterocycles. The van der Waals surface area contributed by atoms with Crippen LogP contribution in [0, 0.1) is 10.1 Å². The van der Waals surface area contributed by atoms with Crippen LogP contribution < -0.4 is 4.72 Å². The molecule has 0 saturated carbocycles. The lowest BCUT2D eigenvalue weighted by Gasteiger charge is -2.23. The number of hydrogen-bond donors (Lipinski definition) is 2. The van der Waals surface area contributed by atoms with Gasteiger partial charge in [-0.15, -0.1) is 0 Å². The van der Waals surface area contributed by atoms with Crippen molar-refractivity contribution < 1.29 is 28.0 Å². The van der Waals surface area contributed by atoms with Gasteiger partial charge in [0.25, 0.3) is 5.69 Å². The van der Waals surface area contributed by atoms with Crippen molar-refractivity contribution in [3.63, 3.8) is 0 Å². The molecule has 0 spiro atoms. The topological polar surface area (TPSA) is 139 Å². The molecule has 1 saturated heterocycles. The van der Waals surface area contributed by atoms with Crippen LogP contribution in [0.4, 0.5) is 10.5 Å². The first-order valence-electron chi connectivity index (χ1n) is 7.45. The third-order valence-electron chi connectivity index (χ3n) is 3.72. The van der Waals surface area contributed by atoms with Gasteiger partial charge in [-0.05, 0) is 24.1 Å². The zero-order valence-corrected chi connectivity index (χ0v) is 14.3. The molecule has 1 aliphatic rings. The number of carbonyl (C=O) groups excluding carboxylic acids is 1. The number of carbonyl (C=O) groups is 1. The number of amides is 1. The van der Waals surface area contributed by atoms with Crippen LogP contribution in [0.15, 0.2) is 24.3 Å². The predicted octanol–water partition coefficient (Wildman–Crippen LogP) is 0.216. The summed E-state index contributed by atoms with van der Waals surface area (Å²) >= 11 is 0. The summed E-state index contributed by atoms with van der Waals surface area (Å²) in [5, 5.41) is 20.3. The molecule has 2 N–H and O–H groups in total. The molecule has 1 heterocycles. The number of nitrogens with one attached hydrogen (secondary N) is 1. The van der Waals surface area contributed by atoms with E-state index in [0.717, 1.165) is 6.26 Å². The Morgan fingerprint density at radius 1 is 1.44 bits per heavy atom. The number of ether oxygens (including phenoxy) is 1. The first-order chi connectivity index (χ1) is 11.7. The lowest BCUT2D eigenvalue weighted by molar-refractivity contribution is -0.384. The van der Waals surface area contributed by atoms with Crippen LogP contribution >= 0.6 is 0 Å². The Hall–Kier alpha value is -2.24. The molecule has 0 bridgehead atoms. The van der Waals surface area contributed by atoms with Gasteiger partial charge in [-0.3, -0.25) is 10.1 Å². The van der Waals surface area contributed by atoms with Crippen LogP contribution in [-0.2, 0) is 21.4 Å². The van der Waals surface area contributed by atoms with Crippen LogP contribution in [-0.4, -0.2) is 60.9 Å². The maximum Gasteiger partial charge on any atom is 0.410 e. The van der Waals surface area contributed by atoms with Crippen molar-refractivity contribution in [2.24, 2.45) is 0 Å². The van der Waals surface area contributed by atoms with Crippen LogP contribution in [0.2, 0.25) is 0 Å². The minimum atomic E-state index is -3.41. The van der Waals surface area contributed by atoms with E-state index >= 15 is 0 Å². The fraction of sp³-hybridized carbons (Fsp3) is 0.500. The van der Waals surface area contributed by atoms with Crippen molar-refractivity contribution in [3.8, 4) is 0 Å². The van der Waals surface area contributed by atoms with Crippen LogP contribution in [0.3, 0.4) is 0 Å². The summed E-state index contributed by atoms with van der Waals surface area (Å²) in [6.07, 6.45) is -0.182. The molecular weight excluding hydrogens is 354 g/mol. The zero-order valence-electron chi connectivity index (χ0n) is 13.5. The highest BCUT2D eigenvalue weighted by Crippen LogP contribution is 2.19. The molecule has 0 radical (unpaired) electrons. The average molecular weight is 373 g/mol. The first-order valence-corrected chi connectivity index (χ1v) is 9.34. The molecular formula is C14H19N3O7S. The second-order valence-corrected chi connectivity index (χ2v) is 7.63. The lowest BCUT2D eigenvalue weighted by Crippen LogP contribution is -2.43. The van der Waals surface area contributed by atoms with Gasteiger partial charge in [-0.1, -0.05) is 0 Å². The lowest BCUT2D eigenvalue weighted by atomic mass is 10.2. The molecule has 1 amide bonds. The van der Waals surface area contributed by atoms with Crippen molar-refractivity contribution in [2.75, 3.05) is 19.3 Å². The number of aliphatic hydroxyl groups excluding tert-OH is 1. The highest BCUT2D eigenvalue weighted by Gasteiger charge is 2.35. The van der Waals surface area contributed by atoms with Crippen molar-refractivity contribution in [1.82, 2.24) is 9.62 Å². The minimum Gasteiger partial charge on any atom is -0.445 e. The molecule has 0 unspecified atom stereocenters. The Bertz CT molecular complexity index is 735. The molecule has 25 heavy (non-hydrogen) atoms. The summed E-state index contributed by atoms with van der Waals surface area (Å²) in [4.78, 5) is 23.5. The van der Waals surface area contributed by atoms with E-state index in [-0.39, 0.29) is 31.8 Å². The highest BCUT2D eigenvalue weighted by atomic mass is 32.2. The van der Waals surface area contributed by atoms with Crippen LogP contribution in [0.5, 0.6) is 0 Å². The third kappa shape index (κ3) is 5.66. The van der Waals surface area contributed by atoms with E-state index in [1.54, 1.807) is 0 Å². The standard InChI is InChI=1S/C14H19N3O7S/c1-25(22,23)15-7-12-6-13(18)8-16(12)14(19)24-9-10-2-4-11(5-3-10)17(20)21/h2-5,12-13,15,18H,6-9H2,1H3/t12-,13+/m0/s1. The van der Waals surface area contributed by atoms with Gasteiger partial charge < -0.3 is 14.7 Å². The summed E-state index contributed by atoms with van der Waals surface area (Å²) in [5.74, 6) is 0. The zero-order chi connectivity index (χ0) is 18.6. The van der Waals surface area contributed by atoms with Crippen molar-refractivity contribution >= 4 is 21.8 Å². The number of benzene rings is 1. The number of β-amino-alcohol motifs (C(OH)–C–C–N with tert-alkyl or cyclic N) is 1. The van der Waals surface area contributed by atoms with E-state index in [1.165, 1.54) is 29.2 Å². The van der Waals surface area contributed by atoms with Crippen LogP contribution in [0.1, 0.15) is 12.0 Å². The number of rotatable bonds is 6. The first kappa shape index (κ1) is 19.1. The smallest absolute Gasteiger partial charge is 0.410 e. The van der Waals surface area contributed by atoms with Crippen molar-refractivity contribution in [3.05, 3.63) is 39.9 Å². The molecule has 2 rings (SSSR count). The highest BCUT2D eigenvalue weighted by molar-refractivity contribution is 7.88. The predicted molar refractivity (Wildman–Crippen MR) is 87.2 cm³/mol. The van der Waals surface area contributed by atoms with Crippen molar-refractivity contribution in [1.29, 1.82) is 0 Å². The summed E-state index contributed by atoms with van der Waals surface area (Å²) in [7, 11) is -3.41. The second-order valence-electron chi connectivity index (χ2n) is 5.79. The van der Waals surface area contributed by atoms with Crippen molar-refractivity contribution in [2.45, 2.75) is 25.2 Å². The minimum absolute atomic E-state index is 0.0114. The Labute approximate surface area is 144 Å². The molecule has 0 aliphatic carbocycles. The maximum atomic E-state index is 12.2. The van der Waals surface area contributed by atoms with Gasteiger partial charge >= 0.3 is 6.09 Å². The molecule has 0 aromatic heterocycles. The van der Waals surface area contributed by atoms with Gasteiger partial charge in [0, 0.05) is 18.7 Å². The largest absolute Gasteiger partial charge is 0.445 e. The summed E-state index contributed by atoms with van der Waals surface area (Å²) in [5.41, 5.74) is 0.508. The molecule has 1 aromatic carbocycles. The Morgan fingerprint density at radius 3 is 2.64 bits per heavy atom. The monoisotopic (exact) mass is 373 g/mol.